The number of rotatable bonds is 5. The van der Waals surface area contributed by atoms with Crippen LogP contribution in [0.15, 0.2) is 16.8 Å². The van der Waals surface area contributed by atoms with Crippen molar-refractivity contribution in [2.45, 2.75) is 13.3 Å². The minimum Gasteiger partial charge on any atom is -0.319 e. The van der Waals surface area contributed by atoms with Gasteiger partial charge < -0.3 is 5.32 Å². The predicted octanol–water partition coefficient (Wildman–Crippen LogP) is 1.72. The van der Waals surface area contributed by atoms with Crippen LogP contribution in [0.25, 0.3) is 0 Å². The van der Waals surface area contributed by atoms with Crippen LogP contribution in [0.5, 0.6) is 0 Å². The van der Waals surface area contributed by atoms with Gasteiger partial charge in [0.05, 0.1) is 0 Å². The van der Waals surface area contributed by atoms with Gasteiger partial charge in [0, 0.05) is 18.9 Å². The summed E-state index contributed by atoms with van der Waals surface area (Å²) in [7, 11) is 1.87. The molecule has 1 heterocycles. The van der Waals surface area contributed by atoms with Crippen LogP contribution in [-0.2, 0) is 11.2 Å². The van der Waals surface area contributed by atoms with Crippen molar-refractivity contribution < 1.29 is 4.79 Å². The van der Waals surface area contributed by atoms with Gasteiger partial charge >= 0.3 is 0 Å². The van der Waals surface area contributed by atoms with Crippen molar-refractivity contribution in [2.24, 2.45) is 5.92 Å². The van der Waals surface area contributed by atoms with Gasteiger partial charge in [-0.25, -0.2) is 0 Å². The summed E-state index contributed by atoms with van der Waals surface area (Å²) in [5.41, 5.74) is 1.14. The molecule has 0 fully saturated rings. The van der Waals surface area contributed by atoms with E-state index < -0.39 is 0 Å². The van der Waals surface area contributed by atoms with Gasteiger partial charge in [-0.15, -0.1) is 0 Å². The Bertz CT molecular complexity index is 256. The first-order chi connectivity index (χ1) is 6.24. The Morgan fingerprint density at radius 3 is 3.00 bits per heavy atom. The molecule has 3 heteroatoms. The monoisotopic (exact) mass is 197 g/mol. The highest BCUT2D eigenvalue weighted by atomic mass is 32.1. The second kappa shape index (κ2) is 5.14. The van der Waals surface area contributed by atoms with Crippen LogP contribution in [0, 0.1) is 5.92 Å². The number of carbonyl (C=O) groups excluding carboxylic acids is 1. The van der Waals surface area contributed by atoms with Crippen molar-refractivity contribution >= 4 is 17.1 Å². The molecular weight excluding hydrogens is 182 g/mol. The van der Waals surface area contributed by atoms with E-state index in [1.54, 1.807) is 11.3 Å². The molecule has 1 aromatic heterocycles. The smallest absolute Gasteiger partial charge is 0.141 e. The molecule has 0 bridgehead atoms. The molecule has 0 aliphatic heterocycles. The van der Waals surface area contributed by atoms with Crippen molar-refractivity contribution in [3.63, 3.8) is 0 Å². The topological polar surface area (TPSA) is 29.1 Å². The summed E-state index contributed by atoms with van der Waals surface area (Å²) in [5, 5.41) is 7.05. The van der Waals surface area contributed by atoms with Gasteiger partial charge in [0.1, 0.15) is 5.78 Å². The summed E-state index contributed by atoms with van der Waals surface area (Å²) in [6, 6.07) is 2.01. The second-order valence-electron chi connectivity index (χ2n) is 3.23. The number of thiophene rings is 1. The Hall–Kier alpha value is -0.670. The average Bonchev–Trinajstić information content (AvgIpc) is 2.57. The lowest BCUT2D eigenvalue weighted by molar-refractivity contribution is -0.121. The Morgan fingerprint density at radius 1 is 1.69 bits per heavy atom. The van der Waals surface area contributed by atoms with E-state index in [2.05, 4.69) is 5.32 Å². The minimum absolute atomic E-state index is 0.116. The highest BCUT2D eigenvalue weighted by Gasteiger charge is 2.12. The zero-order valence-corrected chi connectivity index (χ0v) is 8.86. The summed E-state index contributed by atoms with van der Waals surface area (Å²) >= 11 is 1.64. The van der Waals surface area contributed by atoms with Crippen LogP contribution in [0.3, 0.4) is 0 Å². The van der Waals surface area contributed by atoms with Gasteiger partial charge in [-0.2, -0.15) is 11.3 Å². The van der Waals surface area contributed by atoms with Gasteiger partial charge in [0.15, 0.2) is 0 Å². The minimum atomic E-state index is 0.116. The number of carbonyl (C=O) groups is 1. The first-order valence-electron chi connectivity index (χ1n) is 4.42. The van der Waals surface area contributed by atoms with Crippen molar-refractivity contribution in [2.75, 3.05) is 13.6 Å². The first-order valence-corrected chi connectivity index (χ1v) is 5.36. The molecule has 1 rings (SSSR count). The van der Waals surface area contributed by atoms with Crippen molar-refractivity contribution in [1.29, 1.82) is 0 Å². The first kappa shape index (κ1) is 10.4. The van der Waals surface area contributed by atoms with Crippen molar-refractivity contribution in [3.8, 4) is 0 Å². The van der Waals surface area contributed by atoms with E-state index in [-0.39, 0.29) is 5.92 Å². The molecule has 1 N–H and O–H groups in total. The molecule has 0 aliphatic carbocycles. The lowest BCUT2D eigenvalue weighted by atomic mass is 10.0. The molecule has 1 unspecified atom stereocenters. The lowest BCUT2D eigenvalue weighted by Crippen LogP contribution is -2.24. The Labute approximate surface area is 83.0 Å². The molecular formula is C10H15NOS. The summed E-state index contributed by atoms with van der Waals surface area (Å²) in [5.74, 6) is 0.428. The van der Waals surface area contributed by atoms with E-state index >= 15 is 0 Å². The molecule has 13 heavy (non-hydrogen) atoms. The van der Waals surface area contributed by atoms with E-state index in [0.717, 1.165) is 12.1 Å². The number of hydrogen-bond acceptors (Lipinski definition) is 3. The molecule has 0 saturated carbocycles. The maximum atomic E-state index is 11.6. The van der Waals surface area contributed by atoms with E-state index in [1.807, 2.05) is 30.8 Å². The zero-order valence-electron chi connectivity index (χ0n) is 8.04. The van der Waals surface area contributed by atoms with Gasteiger partial charge in [-0.05, 0) is 29.4 Å². The SMILES string of the molecule is CNCC(C)C(=O)Cc1ccsc1. The zero-order chi connectivity index (χ0) is 9.68. The molecule has 72 valence electrons. The number of ketones is 1. The molecule has 1 aromatic rings. The third-order valence-corrected chi connectivity index (χ3v) is 2.75. The lowest BCUT2D eigenvalue weighted by Gasteiger charge is -2.08. The van der Waals surface area contributed by atoms with Crippen LogP contribution in [0.1, 0.15) is 12.5 Å². The highest BCUT2D eigenvalue weighted by molar-refractivity contribution is 7.07. The third kappa shape index (κ3) is 3.28. The molecule has 0 spiro atoms. The third-order valence-electron chi connectivity index (χ3n) is 2.02. The molecule has 1 atom stereocenters. The Balaban J connectivity index is 2.41. The fraction of sp³-hybridized carbons (Fsp3) is 0.500. The molecule has 0 aliphatic rings. The van der Waals surface area contributed by atoms with E-state index in [1.165, 1.54) is 0 Å². The van der Waals surface area contributed by atoms with Crippen LogP contribution >= 0.6 is 11.3 Å². The fourth-order valence-corrected chi connectivity index (χ4v) is 1.86. The molecule has 0 saturated heterocycles. The maximum Gasteiger partial charge on any atom is 0.141 e. The molecule has 0 radical (unpaired) electrons. The van der Waals surface area contributed by atoms with Gasteiger partial charge in [0.2, 0.25) is 0 Å². The number of hydrogen-bond donors (Lipinski definition) is 1. The van der Waals surface area contributed by atoms with Gasteiger partial charge in [0.25, 0.3) is 0 Å². The second-order valence-corrected chi connectivity index (χ2v) is 4.01. The van der Waals surface area contributed by atoms with E-state index in [9.17, 15) is 4.79 Å². The van der Waals surface area contributed by atoms with Gasteiger partial charge in [-0.3, -0.25) is 4.79 Å². The summed E-state index contributed by atoms with van der Waals surface area (Å²) in [4.78, 5) is 11.6. The summed E-state index contributed by atoms with van der Waals surface area (Å²) in [6.45, 7) is 2.73. The van der Waals surface area contributed by atoms with Crippen LogP contribution in [0.4, 0.5) is 0 Å². The predicted molar refractivity (Wildman–Crippen MR) is 56.1 cm³/mol. The van der Waals surface area contributed by atoms with E-state index in [0.29, 0.717) is 12.2 Å². The van der Waals surface area contributed by atoms with E-state index in [4.69, 9.17) is 0 Å². The molecule has 2 nitrogen and oxygen atoms in total. The molecule has 0 amide bonds. The van der Waals surface area contributed by atoms with Crippen LogP contribution in [0.2, 0.25) is 0 Å². The van der Waals surface area contributed by atoms with Crippen LogP contribution in [-0.4, -0.2) is 19.4 Å². The number of nitrogens with one attached hydrogen (secondary N) is 1. The quantitative estimate of drug-likeness (QED) is 0.778. The molecule has 0 aromatic carbocycles. The fourth-order valence-electron chi connectivity index (χ4n) is 1.19. The Kier molecular flexibility index (Phi) is 4.12. The summed E-state index contributed by atoms with van der Waals surface area (Å²) in [6.07, 6.45) is 0.576. The highest BCUT2D eigenvalue weighted by Crippen LogP contribution is 2.09. The van der Waals surface area contributed by atoms with Crippen LogP contribution < -0.4 is 5.32 Å². The normalized spacial score (nSPS) is 12.8. The Morgan fingerprint density at radius 2 is 2.46 bits per heavy atom. The number of Topliss-reactive ketones (excluding diaryl/α,β-unsaturated/α-hetero) is 1. The largest absolute Gasteiger partial charge is 0.319 e. The summed E-state index contributed by atoms with van der Waals surface area (Å²) < 4.78 is 0. The van der Waals surface area contributed by atoms with Crippen molar-refractivity contribution in [1.82, 2.24) is 5.32 Å². The average molecular weight is 197 g/mol. The van der Waals surface area contributed by atoms with Gasteiger partial charge in [-0.1, -0.05) is 6.92 Å². The standard InChI is InChI=1S/C10H15NOS/c1-8(6-11-2)10(12)5-9-3-4-13-7-9/h3-4,7-8,11H,5-6H2,1-2H3. The maximum absolute atomic E-state index is 11.6. The van der Waals surface area contributed by atoms with Crippen molar-refractivity contribution in [3.05, 3.63) is 22.4 Å².